The number of hydrogen-bond donors (Lipinski definition) is 2. The first kappa shape index (κ1) is 16.3. The van der Waals surface area contributed by atoms with Crippen LogP contribution >= 0.6 is 34.3 Å². The topological polar surface area (TPSA) is 66.4 Å². The molecule has 1 amide bonds. The lowest BCUT2D eigenvalue weighted by Crippen LogP contribution is -2.22. The molecular weight excluding hydrogens is 378 g/mol. The number of carbonyl (C=O) groups is 2. The molecule has 1 aliphatic rings. The number of rotatable bonds is 3. The first-order chi connectivity index (χ1) is 12.0. The van der Waals surface area contributed by atoms with Crippen LogP contribution in [-0.4, -0.2) is 17.0 Å². The van der Waals surface area contributed by atoms with Crippen molar-refractivity contribution in [3.8, 4) is 11.1 Å². The van der Waals surface area contributed by atoms with Crippen LogP contribution in [0.3, 0.4) is 0 Å². The molecule has 0 saturated heterocycles. The van der Waals surface area contributed by atoms with E-state index < -0.39 is 5.97 Å². The highest BCUT2D eigenvalue weighted by atomic mass is 35.5. The van der Waals surface area contributed by atoms with Gasteiger partial charge >= 0.3 is 5.97 Å². The summed E-state index contributed by atoms with van der Waals surface area (Å²) in [6.07, 6.45) is 0.323. The number of nitrogens with one attached hydrogen (secondary N) is 1. The Balaban J connectivity index is 1.95. The lowest BCUT2D eigenvalue weighted by molar-refractivity contribution is -0.116. The third-order valence-electron chi connectivity index (χ3n) is 4.18. The number of aromatic carboxylic acids is 1. The zero-order valence-electron chi connectivity index (χ0n) is 12.8. The highest BCUT2D eigenvalue weighted by Crippen LogP contribution is 2.49. The van der Waals surface area contributed by atoms with Crippen molar-refractivity contribution in [1.29, 1.82) is 0 Å². The normalized spacial score (nSPS) is 16.4. The Morgan fingerprint density at radius 3 is 2.64 bits per heavy atom. The second-order valence-electron chi connectivity index (χ2n) is 5.72. The number of carbonyl (C=O) groups excluding carboxylic acids is 1. The molecular formula is C18H12ClNO3S2. The van der Waals surface area contributed by atoms with Gasteiger partial charge in [0.1, 0.15) is 4.88 Å². The molecule has 3 aromatic rings. The lowest BCUT2D eigenvalue weighted by Gasteiger charge is -2.23. The third kappa shape index (κ3) is 2.86. The highest BCUT2D eigenvalue weighted by Gasteiger charge is 2.34. The molecule has 126 valence electrons. The fraction of sp³-hybridized carbons (Fsp3) is 0.111. The molecule has 0 radical (unpaired) electrons. The number of halogens is 1. The minimum Gasteiger partial charge on any atom is -0.477 e. The fourth-order valence-electron chi connectivity index (χ4n) is 3.07. The molecule has 0 fully saturated rings. The number of anilines is 1. The molecule has 0 aliphatic carbocycles. The fourth-order valence-corrected chi connectivity index (χ4v) is 5.16. The van der Waals surface area contributed by atoms with Crippen molar-refractivity contribution in [2.45, 2.75) is 12.3 Å². The van der Waals surface area contributed by atoms with Gasteiger partial charge in [0.2, 0.25) is 5.91 Å². The first-order valence-electron chi connectivity index (χ1n) is 7.52. The van der Waals surface area contributed by atoms with Gasteiger partial charge in [0.15, 0.2) is 0 Å². The molecule has 25 heavy (non-hydrogen) atoms. The van der Waals surface area contributed by atoms with Crippen molar-refractivity contribution < 1.29 is 14.7 Å². The van der Waals surface area contributed by atoms with Crippen molar-refractivity contribution in [2.24, 2.45) is 0 Å². The van der Waals surface area contributed by atoms with Gasteiger partial charge in [-0.15, -0.1) is 11.3 Å². The number of benzene rings is 1. The molecule has 0 unspecified atom stereocenters. The summed E-state index contributed by atoms with van der Waals surface area (Å²) in [6, 6.07) is 8.97. The summed E-state index contributed by atoms with van der Waals surface area (Å²) < 4.78 is 0. The van der Waals surface area contributed by atoms with E-state index in [0.717, 1.165) is 16.0 Å². The molecule has 1 aromatic carbocycles. The summed E-state index contributed by atoms with van der Waals surface area (Å²) in [6.45, 7) is 0. The largest absolute Gasteiger partial charge is 0.477 e. The highest BCUT2D eigenvalue weighted by molar-refractivity contribution is 7.15. The van der Waals surface area contributed by atoms with Crippen LogP contribution < -0.4 is 5.32 Å². The van der Waals surface area contributed by atoms with E-state index in [9.17, 15) is 14.7 Å². The molecule has 3 heterocycles. The Labute approximate surface area is 156 Å². The van der Waals surface area contributed by atoms with Gasteiger partial charge in [0, 0.05) is 27.8 Å². The van der Waals surface area contributed by atoms with Crippen molar-refractivity contribution in [3.05, 3.63) is 61.4 Å². The number of fused-ring (bicyclic) bond motifs is 1. The molecule has 7 heteroatoms. The van der Waals surface area contributed by atoms with Gasteiger partial charge < -0.3 is 10.4 Å². The summed E-state index contributed by atoms with van der Waals surface area (Å²) >= 11 is 8.75. The van der Waals surface area contributed by atoms with E-state index in [1.54, 1.807) is 35.6 Å². The number of hydrogen-bond acceptors (Lipinski definition) is 4. The maximum absolute atomic E-state index is 12.3. The van der Waals surface area contributed by atoms with Crippen molar-refractivity contribution in [3.63, 3.8) is 0 Å². The molecule has 2 aromatic heterocycles. The SMILES string of the molecule is O=C1C[C@@H](c2ccsc2)c2sc(C(=O)O)c(-c3ccc(Cl)cc3)c2N1. The maximum Gasteiger partial charge on any atom is 0.346 e. The van der Waals surface area contributed by atoms with Crippen molar-refractivity contribution >= 4 is 51.8 Å². The summed E-state index contributed by atoms with van der Waals surface area (Å²) in [4.78, 5) is 25.2. The van der Waals surface area contributed by atoms with E-state index in [1.807, 2.05) is 16.8 Å². The van der Waals surface area contributed by atoms with E-state index in [0.29, 0.717) is 22.7 Å². The van der Waals surface area contributed by atoms with E-state index in [-0.39, 0.29) is 16.7 Å². The molecule has 4 rings (SSSR count). The smallest absolute Gasteiger partial charge is 0.346 e. The minimum absolute atomic E-state index is 0.103. The standard InChI is InChI=1S/C18H12ClNO3S2/c19-11-3-1-9(2-4-11)14-15-16(25-17(14)18(22)23)12(7-13(21)20-15)10-5-6-24-8-10/h1-6,8,12H,7H2,(H,20,21)(H,22,23)/t12-/m0/s1. The third-order valence-corrected chi connectivity index (χ3v) is 6.42. The molecule has 0 spiro atoms. The van der Waals surface area contributed by atoms with Gasteiger partial charge in [-0.25, -0.2) is 4.79 Å². The van der Waals surface area contributed by atoms with E-state index in [2.05, 4.69) is 5.32 Å². The molecule has 1 aliphatic heterocycles. The van der Waals surface area contributed by atoms with Gasteiger partial charge in [0.25, 0.3) is 0 Å². The summed E-state index contributed by atoms with van der Waals surface area (Å²) in [7, 11) is 0. The molecule has 0 saturated carbocycles. The summed E-state index contributed by atoms with van der Waals surface area (Å²) in [5.74, 6) is -1.21. The van der Waals surface area contributed by atoms with Gasteiger partial charge in [-0.3, -0.25) is 4.79 Å². The lowest BCUT2D eigenvalue weighted by atomic mass is 9.90. The average molecular weight is 390 g/mol. The second-order valence-corrected chi connectivity index (χ2v) is 7.99. The Hall–Kier alpha value is -2.15. The van der Waals surface area contributed by atoms with E-state index in [1.165, 1.54) is 11.3 Å². The number of amides is 1. The Bertz CT molecular complexity index is 961. The van der Waals surface area contributed by atoms with Crippen LogP contribution in [-0.2, 0) is 4.79 Å². The average Bonchev–Trinajstić information content (AvgIpc) is 3.22. The monoisotopic (exact) mass is 389 g/mol. The Morgan fingerprint density at radius 2 is 2.00 bits per heavy atom. The van der Waals surface area contributed by atoms with Crippen LogP contribution in [0.15, 0.2) is 41.1 Å². The minimum atomic E-state index is -0.998. The zero-order valence-corrected chi connectivity index (χ0v) is 15.2. The number of carboxylic acid groups (broad SMARTS) is 1. The zero-order chi connectivity index (χ0) is 17.6. The Morgan fingerprint density at radius 1 is 1.24 bits per heavy atom. The van der Waals surface area contributed by atoms with Crippen LogP contribution in [0, 0.1) is 0 Å². The molecule has 0 bridgehead atoms. The van der Waals surface area contributed by atoms with E-state index >= 15 is 0 Å². The van der Waals surface area contributed by atoms with Gasteiger partial charge in [0.05, 0.1) is 5.69 Å². The number of carboxylic acids is 1. The van der Waals surface area contributed by atoms with Crippen LogP contribution in [0.25, 0.3) is 11.1 Å². The van der Waals surface area contributed by atoms with Gasteiger partial charge in [-0.2, -0.15) is 11.3 Å². The Kier molecular flexibility index (Phi) is 4.11. The molecule has 2 N–H and O–H groups in total. The summed E-state index contributed by atoms with van der Waals surface area (Å²) in [5.41, 5.74) is 2.93. The van der Waals surface area contributed by atoms with Gasteiger partial charge in [-0.05, 0) is 40.1 Å². The predicted octanol–water partition coefficient (Wildman–Crippen LogP) is 5.30. The first-order valence-corrected chi connectivity index (χ1v) is 9.66. The van der Waals surface area contributed by atoms with E-state index in [4.69, 9.17) is 11.6 Å². The summed E-state index contributed by atoms with van der Waals surface area (Å²) in [5, 5.41) is 17.1. The second kappa shape index (κ2) is 6.29. The van der Waals surface area contributed by atoms with Crippen LogP contribution in [0.2, 0.25) is 5.02 Å². The maximum atomic E-state index is 12.3. The molecule has 4 nitrogen and oxygen atoms in total. The predicted molar refractivity (Wildman–Crippen MR) is 101 cm³/mol. The number of thiophene rings is 2. The van der Waals surface area contributed by atoms with Crippen LogP contribution in [0.1, 0.15) is 32.5 Å². The van der Waals surface area contributed by atoms with Crippen molar-refractivity contribution in [1.82, 2.24) is 0 Å². The van der Waals surface area contributed by atoms with Crippen molar-refractivity contribution in [2.75, 3.05) is 5.32 Å². The molecule has 1 atom stereocenters. The van der Waals surface area contributed by atoms with Gasteiger partial charge in [-0.1, -0.05) is 23.7 Å². The quantitative estimate of drug-likeness (QED) is 0.638. The van der Waals surface area contributed by atoms with Crippen LogP contribution in [0.4, 0.5) is 5.69 Å². The van der Waals surface area contributed by atoms with Crippen LogP contribution in [0.5, 0.6) is 0 Å².